The van der Waals surface area contributed by atoms with Crippen molar-refractivity contribution >= 4 is 27.8 Å². The largest absolute Gasteiger partial charge is 0.499 e. The van der Waals surface area contributed by atoms with Crippen LogP contribution in [0.3, 0.4) is 0 Å². The minimum atomic E-state index is -0.962. The predicted octanol–water partition coefficient (Wildman–Crippen LogP) is -0.722. The van der Waals surface area contributed by atoms with Crippen LogP contribution < -0.4 is 9.20 Å². The highest BCUT2D eigenvalue weighted by Gasteiger charge is 2.39. The van der Waals surface area contributed by atoms with Gasteiger partial charge in [0.15, 0.2) is 9.20 Å². The molecule has 0 saturated heterocycles. The van der Waals surface area contributed by atoms with Crippen molar-refractivity contribution in [1.29, 1.82) is 0 Å². The van der Waals surface area contributed by atoms with Gasteiger partial charge in [0.05, 0.1) is 4.92 Å². The number of nitrogens with zero attached hydrogens (tertiary/aromatic N) is 3. The maximum Gasteiger partial charge on any atom is 0.370 e. The van der Waals surface area contributed by atoms with Gasteiger partial charge in [0.25, 0.3) is 11.3 Å². The van der Waals surface area contributed by atoms with Crippen molar-refractivity contribution < 1.29 is 28.5 Å². The van der Waals surface area contributed by atoms with E-state index in [1.807, 2.05) is 5.16 Å². The van der Waals surface area contributed by atoms with Crippen LogP contribution in [-0.4, -0.2) is 20.3 Å². The summed E-state index contributed by atoms with van der Waals surface area (Å²) in [6.45, 7) is 0. The normalized spacial score (nSPS) is 11.3. The maximum atomic E-state index is 11.3. The van der Waals surface area contributed by atoms with E-state index >= 15 is 0 Å². The Morgan fingerprint density at radius 1 is 1.11 bits per heavy atom. The lowest BCUT2D eigenvalue weighted by molar-refractivity contribution is -0.692. The van der Waals surface area contributed by atoms with Crippen LogP contribution in [0.15, 0.2) is 9.26 Å². The number of nitro benzene ring substituents is 1. The third kappa shape index (κ3) is 0.977. The van der Waals surface area contributed by atoms with Crippen LogP contribution in [0.2, 0.25) is 0 Å². The fourth-order valence-electron chi connectivity index (χ4n) is 1.70. The molecule has 12 nitrogen and oxygen atoms in total. The molecule has 0 unspecified atom stereocenters. The zero-order valence-corrected chi connectivity index (χ0v) is 8.24. The monoisotopic (exact) mass is 257 g/mol. The average Bonchev–Trinajstić information content (AvgIpc) is 2.83. The van der Waals surface area contributed by atoms with E-state index < -0.39 is 21.9 Å². The third-order valence-electron chi connectivity index (χ3n) is 2.40. The highest BCUT2D eigenvalue weighted by atomic mass is 16.7. The summed E-state index contributed by atoms with van der Waals surface area (Å²) >= 11 is 0. The molecule has 12 heteroatoms. The van der Waals surface area contributed by atoms with E-state index in [4.69, 9.17) is 0 Å². The number of benzene rings is 1. The highest BCUT2D eigenvalue weighted by Crippen LogP contribution is 2.37. The fraction of sp³-hybridized carbons (Fsp3) is 0. The molecule has 3 rings (SSSR count). The van der Waals surface area contributed by atoms with Crippen molar-refractivity contribution in [3.05, 3.63) is 19.9 Å². The molecule has 0 radical (unpaired) electrons. The molecule has 0 aliphatic carbocycles. The van der Waals surface area contributed by atoms with Crippen molar-refractivity contribution in [2.24, 2.45) is 0 Å². The number of nitro groups is 1. The Bertz CT molecular complexity index is 910. The number of aromatic amines is 2. The number of rotatable bonds is 1. The smallest absolute Gasteiger partial charge is 0.370 e. The lowest BCUT2D eigenvalue weighted by Gasteiger charge is -1.90. The summed E-state index contributed by atoms with van der Waals surface area (Å²) in [6.07, 6.45) is 0. The zero-order chi connectivity index (χ0) is 13.0. The average molecular weight is 257 g/mol. The predicted molar refractivity (Wildman–Crippen MR) is 49.7 cm³/mol. The summed E-state index contributed by atoms with van der Waals surface area (Å²) in [5.74, 6) is -0.944. The number of phenolic OH excluding ortho intramolecular Hbond substituents is 1. The van der Waals surface area contributed by atoms with Gasteiger partial charge in [-0.2, -0.15) is 0 Å². The number of aromatic nitrogens is 4. The minimum Gasteiger partial charge on any atom is -0.499 e. The van der Waals surface area contributed by atoms with Crippen LogP contribution in [-0.2, 0) is 0 Å². The first-order valence-corrected chi connectivity index (χ1v) is 4.40. The lowest BCUT2D eigenvalue weighted by Crippen LogP contribution is -2.12. The first-order chi connectivity index (χ1) is 8.52. The van der Waals surface area contributed by atoms with Crippen LogP contribution >= 0.6 is 0 Å². The summed E-state index contributed by atoms with van der Waals surface area (Å²) in [4.78, 5) is 32.4. The molecule has 2 heterocycles. The molecule has 3 N–H and O–H groups in total. The van der Waals surface area contributed by atoms with Crippen molar-refractivity contribution in [3.63, 3.8) is 0 Å². The van der Waals surface area contributed by atoms with Crippen LogP contribution in [0, 0.1) is 19.9 Å². The summed E-state index contributed by atoms with van der Waals surface area (Å²) < 4.78 is 8.36. The number of fused-ring (bicyclic) bond motifs is 3. The SMILES string of the molecule is O=[N+]([O-])c1c(O)c2c([nH]o[n+]2=O)c2c1[nH]o[n+]2=O. The Hall–Kier alpha value is -3.18. The standard InChI is InChI=1S/C6H2N5O7/c12-6-4(9(13)14)1-3(10(15)17-7-1)2-5(6)11(16)18-8-2/h(H2-,7,8,12,15,16)/q+1/p+1. The van der Waals surface area contributed by atoms with Gasteiger partial charge < -0.3 is 5.11 Å². The number of phenols is 1. The van der Waals surface area contributed by atoms with Gasteiger partial charge in [-0.3, -0.25) is 10.1 Å². The van der Waals surface area contributed by atoms with Crippen LogP contribution in [0.25, 0.3) is 22.1 Å². The molecule has 0 aliphatic heterocycles. The van der Waals surface area contributed by atoms with Crippen molar-refractivity contribution in [3.8, 4) is 5.75 Å². The van der Waals surface area contributed by atoms with Crippen molar-refractivity contribution in [1.82, 2.24) is 10.3 Å². The molecule has 18 heavy (non-hydrogen) atoms. The van der Waals surface area contributed by atoms with Gasteiger partial charge in [-0.25, -0.2) is 0 Å². The number of H-pyrrole nitrogens is 2. The minimum absolute atomic E-state index is 0.0872. The Labute approximate surface area is 93.2 Å². The Morgan fingerprint density at radius 2 is 1.67 bits per heavy atom. The third-order valence-corrected chi connectivity index (χ3v) is 2.40. The molecule has 0 fully saturated rings. The molecular formula is C6H3N5O7+2. The van der Waals surface area contributed by atoms with Crippen molar-refractivity contribution in [2.75, 3.05) is 0 Å². The molecule has 0 bridgehead atoms. The Morgan fingerprint density at radius 3 is 2.28 bits per heavy atom. The number of hydrogen-bond acceptors (Lipinski definition) is 7. The molecule has 0 spiro atoms. The Kier molecular flexibility index (Phi) is 1.63. The first kappa shape index (κ1) is 10.0. The highest BCUT2D eigenvalue weighted by molar-refractivity contribution is 6.05. The summed E-state index contributed by atoms with van der Waals surface area (Å²) in [5, 5.41) is 24.6. The van der Waals surface area contributed by atoms with Gasteiger partial charge in [-0.15, -0.1) is 0 Å². The van der Waals surface area contributed by atoms with Crippen LogP contribution in [0.5, 0.6) is 5.75 Å². The van der Waals surface area contributed by atoms with Gasteiger partial charge in [-0.1, -0.05) is 19.6 Å². The van der Waals surface area contributed by atoms with Gasteiger partial charge >= 0.3 is 22.2 Å². The topological polar surface area (TPSA) is 167 Å². The van der Waals surface area contributed by atoms with Gasteiger partial charge in [0.1, 0.15) is 0 Å². The van der Waals surface area contributed by atoms with E-state index in [0.717, 1.165) is 0 Å². The van der Waals surface area contributed by atoms with E-state index in [0.29, 0.717) is 0 Å². The Balaban J connectivity index is 2.79. The molecule has 0 saturated carbocycles. The number of nitrogens with one attached hydrogen (secondary N) is 2. The second-order valence-electron chi connectivity index (χ2n) is 3.30. The molecule has 0 aliphatic rings. The molecular weight excluding hydrogens is 254 g/mol. The molecule has 2 aromatic heterocycles. The molecule has 0 amide bonds. The first-order valence-electron chi connectivity index (χ1n) is 4.40. The summed E-state index contributed by atoms with van der Waals surface area (Å²) in [6, 6.07) is 0. The van der Waals surface area contributed by atoms with Gasteiger partial charge in [0.2, 0.25) is 0 Å². The van der Waals surface area contributed by atoms with E-state index in [2.05, 4.69) is 14.4 Å². The number of hydrogen-bond donors (Lipinski definition) is 3. The summed E-state index contributed by atoms with van der Waals surface area (Å²) in [7, 11) is 0. The van der Waals surface area contributed by atoms with Gasteiger partial charge in [-0.05, 0) is 9.81 Å². The van der Waals surface area contributed by atoms with E-state index in [9.17, 15) is 25.0 Å². The van der Waals surface area contributed by atoms with Crippen LogP contribution in [0.4, 0.5) is 5.69 Å². The second kappa shape index (κ2) is 2.93. The second-order valence-corrected chi connectivity index (χ2v) is 3.30. The van der Waals surface area contributed by atoms with Gasteiger partial charge in [0, 0.05) is 0 Å². The fourth-order valence-corrected chi connectivity index (χ4v) is 1.70. The molecule has 3 aromatic rings. The lowest BCUT2D eigenvalue weighted by atomic mass is 10.2. The number of aromatic hydroxyl groups is 1. The van der Waals surface area contributed by atoms with Crippen LogP contribution in [0.1, 0.15) is 0 Å². The van der Waals surface area contributed by atoms with E-state index in [-0.39, 0.29) is 25.7 Å². The van der Waals surface area contributed by atoms with E-state index in [1.165, 1.54) is 0 Å². The zero-order valence-electron chi connectivity index (χ0n) is 8.24. The quantitative estimate of drug-likeness (QED) is 0.381. The van der Waals surface area contributed by atoms with Crippen molar-refractivity contribution in [2.45, 2.75) is 0 Å². The molecule has 1 aromatic carbocycles. The van der Waals surface area contributed by atoms with E-state index in [1.54, 1.807) is 0 Å². The summed E-state index contributed by atoms with van der Waals surface area (Å²) in [5.41, 5.74) is -2.42. The molecule has 92 valence electrons. The molecule has 0 atom stereocenters. The maximum absolute atomic E-state index is 11.3.